The molecule has 8 nitrogen and oxygen atoms in total. The molecule has 0 aromatic heterocycles. The monoisotopic (exact) mass is 388 g/mol. The van der Waals surface area contributed by atoms with Crippen LogP contribution in [-0.2, 0) is 15.1 Å². The first-order chi connectivity index (χ1) is 13.1. The van der Waals surface area contributed by atoms with Crippen LogP contribution in [0.3, 0.4) is 0 Å². The van der Waals surface area contributed by atoms with Gasteiger partial charge in [-0.25, -0.2) is 14.5 Å². The van der Waals surface area contributed by atoms with Gasteiger partial charge in [0, 0.05) is 26.2 Å². The molecule has 2 aliphatic rings. The highest BCUT2D eigenvalue weighted by Crippen LogP contribution is 2.28. The molecule has 0 unspecified atom stereocenters. The summed E-state index contributed by atoms with van der Waals surface area (Å²) in [5.74, 6) is -0.265. The topological polar surface area (TPSA) is 82.2 Å². The zero-order valence-corrected chi connectivity index (χ0v) is 16.9. The van der Waals surface area contributed by atoms with Crippen molar-refractivity contribution in [3.8, 4) is 0 Å². The summed E-state index contributed by atoms with van der Waals surface area (Å²) in [6.45, 7) is 9.56. The molecule has 0 spiro atoms. The molecule has 4 amide bonds. The molecule has 2 heterocycles. The van der Waals surface area contributed by atoms with Crippen LogP contribution < -0.4 is 5.32 Å². The van der Waals surface area contributed by atoms with Crippen molar-refractivity contribution in [3.63, 3.8) is 0 Å². The molecule has 8 heteroatoms. The summed E-state index contributed by atoms with van der Waals surface area (Å²) in [7, 11) is 0. The molecule has 0 aliphatic carbocycles. The average molecular weight is 388 g/mol. The van der Waals surface area contributed by atoms with Crippen molar-refractivity contribution in [2.75, 3.05) is 32.8 Å². The van der Waals surface area contributed by atoms with E-state index in [0.29, 0.717) is 26.2 Å². The van der Waals surface area contributed by atoms with Gasteiger partial charge in [-0.15, -0.1) is 0 Å². The molecule has 152 valence electrons. The Kier molecular flexibility index (Phi) is 5.34. The molecule has 0 radical (unpaired) electrons. The Morgan fingerprint density at radius 3 is 2.29 bits per heavy atom. The van der Waals surface area contributed by atoms with Gasteiger partial charge in [0.1, 0.15) is 11.1 Å². The van der Waals surface area contributed by atoms with Crippen LogP contribution in [0.2, 0.25) is 0 Å². The largest absolute Gasteiger partial charge is 0.444 e. The molecule has 0 saturated carbocycles. The molecule has 3 rings (SSSR count). The molecular weight excluding hydrogens is 360 g/mol. The van der Waals surface area contributed by atoms with Gasteiger partial charge in [-0.1, -0.05) is 30.3 Å². The van der Waals surface area contributed by atoms with E-state index < -0.39 is 17.2 Å². The fourth-order valence-corrected chi connectivity index (χ4v) is 3.39. The maximum Gasteiger partial charge on any atom is 0.410 e. The minimum atomic E-state index is -1.06. The van der Waals surface area contributed by atoms with E-state index in [1.54, 1.807) is 11.8 Å². The fraction of sp³-hybridized carbons (Fsp3) is 0.550. The normalized spacial score (nSPS) is 23.7. The van der Waals surface area contributed by atoms with Gasteiger partial charge in [0.15, 0.2) is 0 Å². The number of nitrogens with zero attached hydrogens (tertiary/aromatic N) is 3. The number of imide groups is 1. The van der Waals surface area contributed by atoms with E-state index in [-0.39, 0.29) is 18.7 Å². The molecule has 1 aromatic rings. The third kappa shape index (κ3) is 4.11. The predicted molar refractivity (Wildman–Crippen MR) is 103 cm³/mol. The highest BCUT2D eigenvalue weighted by molar-refractivity contribution is 6.07. The highest BCUT2D eigenvalue weighted by atomic mass is 16.6. The van der Waals surface area contributed by atoms with Crippen LogP contribution in [0.1, 0.15) is 33.3 Å². The summed E-state index contributed by atoms with van der Waals surface area (Å²) in [6, 6.07) is 8.83. The number of urea groups is 1. The Hall–Kier alpha value is -2.61. The molecule has 1 N–H and O–H groups in total. The molecule has 2 aliphatic heterocycles. The summed E-state index contributed by atoms with van der Waals surface area (Å²) in [4.78, 5) is 42.5. The van der Waals surface area contributed by atoms with Crippen LogP contribution >= 0.6 is 0 Å². The van der Waals surface area contributed by atoms with Crippen LogP contribution in [0.5, 0.6) is 0 Å². The van der Waals surface area contributed by atoms with Gasteiger partial charge in [-0.2, -0.15) is 0 Å². The minimum absolute atomic E-state index is 0.204. The van der Waals surface area contributed by atoms with Gasteiger partial charge in [-0.05, 0) is 33.3 Å². The van der Waals surface area contributed by atoms with Gasteiger partial charge in [0.25, 0.3) is 5.91 Å². The third-order valence-corrected chi connectivity index (χ3v) is 4.99. The van der Waals surface area contributed by atoms with Gasteiger partial charge >= 0.3 is 12.1 Å². The Morgan fingerprint density at radius 2 is 1.71 bits per heavy atom. The second-order valence-electron chi connectivity index (χ2n) is 8.38. The number of hydrogen-bond donors (Lipinski definition) is 1. The molecule has 28 heavy (non-hydrogen) atoms. The van der Waals surface area contributed by atoms with E-state index >= 15 is 0 Å². The van der Waals surface area contributed by atoms with E-state index in [1.165, 1.54) is 4.90 Å². The number of piperazine rings is 1. The number of benzene rings is 1. The number of carbonyl (C=O) groups is 3. The van der Waals surface area contributed by atoms with Crippen LogP contribution in [0.15, 0.2) is 30.3 Å². The standard InChI is InChI=1S/C20H28N4O4/c1-19(2,3)28-18(27)23-12-10-22(11-13-23)14-24-16(25)20(4,21-17(24)26)15-8-6-5-7-9-15/h5-9H,10-14H2,1-4H3,(H,21,26)/t20-/m0/s1. The van der Waals surface area contributed by atoms with Crippen molar-refractivity contribution in [2.24, 2.45) is 0 Å². The summed E-state index contributed by atoms with van der Waals surface area (Å²) in [6.07, 6.45) is -0.334. The molecule has 1 atom stereocenters. The number of rotatable bonds is 3. The third-order valence-electron chi connectivity index (χ3n) is 4.99. The summed E-state index contributed by atoms with van der Waals surface area (Å²) < 4.78 is 5.40. The Labute approximate surface area is 165 Å². The minimum Gasteiger partial charge on any atom is -0.444 e. The molecule has 2 saturated heterocycles. The van der Waals surface area contributed by atoms with Gasteiger partial charge in [0.05, 0.1) is 6.67 Å². The van der Waals surface area contributed by atoms with Crippen molar-refractivity contribution in [1.82, 2.24) is 20.0 Å². The van der Waals surface area contributed by atoms with Crippen molar-refractivity contribution in [3.05, 3.63) is 35.9 Å². The lowest BCUT2D eigenvalue weighted by molar-refractivity contribution is -0.132. The van der Waals surface area contributed by atoms with Crippen LogP contribution in [0.25, 0.3) is 0 Å². The number of hydrogen-bond acceptors (Lipinski definition) is 5. The smallest absolute Gasteiger partial charge is 0.410 e. The lowest BCUT2D eigenvalue weighted by Crippen LogP contribution is -2.53. The summed E-state index contributed by atoms with van der Waals surface area (Å²) in [5.41, 5.74) is -0.835. The van der Waals surface area contributed by atoms with Crippen molar-refractivity contribution in [2.45, 2.75) is 38.8 Å². The first-order valence-corrected chi connectivity index (χ1v) is 9.50. The van der Waals surface area contributed by atoms with E-state index in [4.69, 9.17) is 4.74 Å². The van der Waals surface area contributed by atoms with E-state index in [1.807, 2.05) is 56.0 Å². The Morgan fingerprint density at radius 1 is 1.11 bits per heavy atom. The van der Waals surface area contributed by atoms with Gasteiger partial charge in [-0.3, -0.25) is 9.69 Å². The quantitative estimate of drug-likeness (QED) is 0.801. The van der Waals surface area contributed by atoms with Crippen LogP contribution in [-0.4, -0.2) is 71.2 Å². The second kappa shape index (κ2) is 7.43. The maximum absolute atomic E-state index is 13.0. The van der Waals surface area contributed by atoms with Crippen LogP contribution in [0.4, 0.5) is 9.59 Å². The second-order valence-corrected chi connectivity index (χ2v) is 8.38. The van der Waals surface area contributed by atoms with Crippen molar-refractivity contribution in [1.29, 1.82) is 0 Å². The molecular formula is C20H28N4O4. The zero-order valence-electron chi connectivity index (χ0n) is 16.9. The van der Waals surface area contributed by atoms with E-state index in [0.717, 1.165) is 5.56 Å². The average Bonchev–Trinajstić information content (AvgIpc) is 2.86. The van der Waals surface area contributed by atoms with Gasteiger partial charge < -0.3 is 15.0 Å². The van der Waals surface area contributed by atoms with Crippen molar-refractivity contribution < 1.29 is 19.1 Å². The Balaban J connectivity index is 1.59. The van der Waals surface area contributed by atoms with Crippen LogP contribution in [0, 0.1) is 0 Å². The van der Waals surface area contributed by atoms with Crippen molar-refractivity contribution >= 4 is 18.0 Å². The number of nitrogens with one attached hydrogen (secondary N) is 1. The zero-order chi connectivity index (χ0) is 20.5. The lowest BCUT2D eigenvalue weighted by Gasteiger charge is -2.36. The first kappa shape index (κ1) is 20.1. The van der Waals surface area contributed by atoms with E-state index in [9.17, 15) is 14.4 Å². The molecule has 0 bridgehead atoms. The molecule has 1 aromatic carbocycles. The summed E-state index contributed by atoms with van der Waals surface area (Å²) >= 11 is 0. The Bertz CT molecular complexity index is 753. The molecule has 2 fully saturated rings. The number of amides is 4. The lowest BCUT2D eigenvalue weighted by atomic mass is 9.92. The SMILES string of the molecule is CC(C)(C)OC(=O)N1CCN(CN2C(=O)N[C@@](C)(c3ccccc3)C2=O)CC1. The summed E-state index contributed by atoms with van der Waals surface area (Å²) in [5, 5.41) is 2.81. The first-order valence-electron chi connectivity index (χ1n) is 9.50. The fourth-order valence-electron chi connectivity index (χ4n) is 3.39. The number of carbonyl (C=O) groups excluding carboxylic acids is 3. The predicted octanol–water partition coefficient (Wildman–Crippen LogP) is 1.96. The highest BCUT2D eigenvalue weighted by Gasteiger charge is 2.49. The maximum atomic E-state index is 13.0. The van der Waals surface area contributed by atoms with E-state index in [2.05, 4.69) is 5.32 Å². The number of ether oxygens (including phenoxy) is 1. The van der Waals surface area contributed by atoms with Gasteiger partial charge in [0.2, 0.25) is 0 Å².